The molecule has 5 heteroatoms. The van der Waals surface area contributed by atoms with E-state index < -0.39 is 0 Å². The van der Waals surface area contributed by atoms with Gasteiger partial charge in [-0.1, -0.05) is 6.42 Å². The molecule has 2 fully saturated rings. The number of rotatable bonds is 3. The molecule has 3 nitrogen and oxygen atoms in total. The number of hydrogen-bond acceptors (Lipinski definition) is 3. The molecule has 2 saturated carbocycles. The lowest BCUT2D eigenvalue weighted by molar-refractivity contribution is -0.124. The molecular formula is C16H25ClN2OS. The van der Waals surface area contributed by atoms with Crippen molar-refractivity contribution < 1.29 is 4.79 Å². The molecule has 0 spiro atoms. The predicted molar refractivity (Wildman–Crippen MR) is 90.0 cm³/mol. The minimum absolute atomic E-state index is 0. The first kappa shape index (κ1) is 16.8. The van der Waals surface area contributed by atoms with E-state index in [2.05, 4.69) is 10.7 Å². The average molecular weight is 329 g/mol. The fraction of sp³-hybridized carbons (Fsp3) is 0.688. The van der Waals surface area contributed by atoms with Gasteiger partial charge in [0.05, 0.1) is 5.92 Å². The molecule has 1 aromatic heterocycles. The van der Waals surface area contributed by atoms with Crippen molar-refractivity contribution in [3.05, 3.63) is 22.4 Å². The Hall–Kier alpha value is -0.580. The van der Waals surface area contributed by atoms with Gasteiger partial charge < -0.3 is 11.1 Å². The Labute approximate surface area is 137 Å². The molecule has 0 radical (unpaired) electrons. The maximum Gasteiger partial charge on any atom is 0.227 e. The first-order chi connectivity index (χ1) is 9.65. The van der Waals surface area contributed by atoms with Crippen LogP contribution in [-0.2, 0) is 4.79 Å². The Kier molecular flexibility index (Phi) is 5.69. The second-order valence-corrected chi connectivity index (χ2v) is 7.28. The highest BCUT2D eigenvalue weighted by Crippen LogP contribution is 2.40. The third-order valence-corrected chi connectivity index (χ3v) is 5.82. The van der Waals surface area contributed by atoms with Gasteiger partial charge in [0.1, 0.15) is 0 Å². The summed E-state index contributed by atoms with van der Waals surface area (Å²) in [6, 6.07) is 2.75. The second-order valence-electron chi connectivity index (χ2n) is 6.50. The van der Waals surface area contributed by atoms with Crippen LogP contribution in [0.1, 0.15) is 50.5 Å². The highest BCUT2D eigenvalue weighted by molar-refractivity contribution is 7.08. The van der Waals surface area contributed by atoms with E-state index >= 15 is 0 Å². The Balaban J connectivity index is 0.00000161. The van der Waals surface area contributed by atoms with Gasteiger partial charge in [-0.2, -0.15) is 11.3 Å². The second kappa shape index (κ2) is 7.12. The van der Waals surface area contributed by atoms with Crippen molar-refractivity contribution in [2.24, 2.45) is 17.6 Å². The summed E-state index contributed by atoms with van der Waals surface area (Å²) in [5, 5.41) is 7.45. The van der Waals surface area contributed by atoms with Crippen LogP contribution in [0.3, 0.4) is 0 Å². The standard InChI is InChI=1S/C16H24N2OS.ClH/c1-10(13-5-6-20-9-13)16(19)18-15-11-3-2-4-12(15)8-14(17)7-11;/h5-6,9-12,14-15H,2-4,7-8,17H2,1H3,(H,18,19);1H. The maximum absolute atomic E-state index is 12.5. The summed E-state index contributed by atoms with van der Waals surface area (Å²) in [4.78, 5) is 12.5. The largest absolute Gasteiger partial charge is 0.352 e. The smallest absolute Gasteiger partial charge is 0.227 e. The van der Waals surface area contributed by atoms with Gasteiger partial charge >= 0.3 is 0 Å². The summed E-state index contributed by atoms with van der Waals surface area (Å²) in [7, 11) is 0. The lowest BCUT2D eigenvalue weighted by atomic mass is 9.67. The normalized spacial score (nSPS) is 32.9. The minimum atomic E-state index is -0.0439. The van der Waals surface area contributed by atoms with Crippen LogP contribution < -0.4 is 11.1 Å². The number of carbonyl (C=O) groups excluding carboxylic acids is 1. The fourth-order valence-corrected chi connectivity index (χ4v) is 4.74. The van der Waals surface area contributed by atoms with Crippen molar-refractivity contribution in [1.29, 1.82) is 0 Å². The van der Waals surface area contributed by atoms with Crippen LogP contribution in [0.15, 0.2) is 16.8 Å². The molecule has 0 aliphatic heterocycles. The molecule has 118 valence electrons. The molecule has 1 amide bonds. The lowest BCUT2D eigenvalue weighted by Gasteiger charge is -2.45. The molecule has 21 heavy (non-hydrogen) atoms. The maximum atomic E-state index is 12.5. The zero-order valence-electron chi connectivity index (χ0n) is 12.5. The fourth-order valence-electron chi connectivity index (χ4n) is 3.99. The number of nitrogens with two attached hydrogens (primary N) is 1. The van der Waals surface area contributed by atoms with Crippen LogP contribution in [0, 0.1) is 11.8 Å². The van der Waals surface area contributed by atoms with Gasteiger partial charge in [0.2, 0.25) is 5.91 Å². The van der Waals surface area contributed by atoms with Gasteiger partial charge in [-0.3, -0.25) is 4.79 Å². The molecular weight excluding hydrogens is 304 g/mol. The molecule has 2 aliphatic rings. The Bertz CT molecular complexity index is 451. The van der Waals surface area contributed by atoms with Crippen molar-refractivity contribution in [1.82, 2.24) is 5.32 Å². The average Bonchev–Trinajstić information content (AvgIpc) is 2.92. The van der Waals surface area contributed by atoms with E-state index in [0.717, 1.165) is 18.4 Å². The van der Waals surface area contributed by atoms with E-state index in [4.69, 9.17) is 5.73 Å². The number of amides is 1. The molecule has 0 saturated heterocycles. The molecule has 0 aromatic carbocycles. The molecule has 3 N–H and O–H groups in total. The molecule has 3 rings (SSSR count). The molecule has 1 heterocycles. The van der Waals surface area contributed by atoms with Gasteiger partial charge in [0, 0.05) is 12.1 Å². The topological polar surface area (TPSA) is 55.1 Å². The zero-order chi connectivity index (χ0) is 14.1. The lowest BCUT2D eigenvalue weighted by Crippen LogP contribution is -2.54. The van der Waals surface area contributed by atoms with Crippen molar-refractivity contribution in [3.63, 3.8) is 0 Å². The number of halogens is 1. The predicted octanol–water partition coefficient (Wildman–Crippen LogP) is 3.30. The van der Waals surface area contributed by atoms with Gasteiger partial charge in [0.25, 0.3) is 0 Å². The van der Waals surface area contributed by atoms with Crippen molar-refractivity contribution in [3.8, 4) is 0 Å². The van der Waals surface area contributed by atoms with E-state index in [-0.39, 0.29) is 24.2 Å². The molecule has 1 aromatic rings. The highest BCUT2D eigenvalue weighted by Gasteiger charge is 2.40. The third kappa shape index (κ3) is 3.61. The Morgan fingerprint density at radius 3 is 2.62 bits per heavy atom. The van der Waals surface area contributed by atoms with Crippen molar-refractivity contribution in [2.75, 3.05) is 0 Å². The van der Waals surface area contributed by atoms with Crippen LogP contribution in [-0.4, -0.2) is 18.0 Å². The van der Waals surface area contributed by atoms with Crippen molar-refractivity contribution >= 4 is 29.7 Å². The van der Waals surface area contributed by atoms with E-state index in [1.54, 1.807) is 11.3 Å². The number of fused-ring (bicyclic) bond motifs is 2. The zero-order valence-corrected chi connectivity index (χ0v) is 14.1. The van der Waals surface area contributed by atoms with Crippen molar-refractivity contribution in [2.45, 2.75) is 57.0 Å². The van der Waals surface area contributed by atoms with Gasteiger partial charge in [-0.05, 0) is 66.8 Å². The summed E-state index contributed by atoms with van der Waals surface area (Å²) >= 11 is 1.65. The summed E-state index contributed by atoms with van der Waals surface area (Å²) < 4.78 is 0. The van der Waals surface area contributed by atoms with E-state index in [1.165, 1.54) is 19.3 Å². The summed E-state index contributed by atoms with van der Waals surface area (Å²) in [6.07, 6.45) is 5.90. The Morgan fingerprint density at radius 2 is 2.05 bits per heavy atom. The van der Waals surface area contributed by atoms with E-state index in [0.29, 0.717) is 23.9 Å². The van der Waals surface area contributed by atoms with Gasteiger partial charge in [-0.25, -0.2) is 0 Å². The van der Waals surface area contributed by atoms with Crippen LogP contribution >= 0.6 is 23.7 Å². The Morgan fingerprint density at radius 1 is 1.38 bits per heavy atom. The summed E-state index contributed by atoms with van der Waals surface area (Å²) in [5.74, 6) is 1.32. The van der Waals surface area contributed by atoms with Crippen LogP contribution in [0.4, 0.5) is 0 Å². The van der Waals surface area contributed by atoms with Gasteiger partial charge in [0.15, 0.2) is 0 Å². The summed E-state index contributed by atoms with van der Waals surface area (Å²) in [5.41, 5.74) is 7.27. The number of thiophene rings is 1. The number of carbonyl (C=O) groups is 1. The first-order valence-electron chi connectivity index (χ1n) is 7.73. The van der Waals surface area contributed by atoms with Crippen LogP contribution in [0.5, 0.6) is 0 Å². The highest BCUT2D eigenvalue weighted by atomic mass is 35.5. The molecule has 3 unspecified atom stereocenters. The third-order valence-electron chi connectivity index (χ3n) is 5.12. The molecule has 2 aliphatic carbocycles. The number of hydrogen-bond donors (Lipinski definition) is 2. The SMILES string of the molecule is CC(C(=O)NC1C2CCCC1CC(N)C2)c1ccsc1.Cl. The minimum Gasteiger partial charge on any atom is -0.352 e. The molecule has 2 bridgehead atoms. The quantitative estimate of drug-likeness (QED) is 0.894. The van der Waals surface area contributed by atoms with E-state index in [9.17, 15) is 4.79 Å². The van der Waals surface area contributed by atoms with Crippen LogP contribution in [0.2, 0.25) is 0 Å². The monoisotopic (exact) mass is 328 g/mol. The van der Waals surface area contributed by atoms with E-state index in [1.807, 2.05) is 18.4 Å². The molecule has 3 atom stereocenters. The van der Waals surface area contributed by atoms with Gasteiger partial charge in [-0.15, -0.1) is 12.4 Å². The van der Waals surface area contributed by atoms with Crippen LogP contribution in [0.25, 0.3) is 0 Å². The number of nitrogens with one attached hydrogen (secondary N) is 1. The summed E-state index contributed by atoms with van der Waals surface area (Å²) in [6.45, 7) is 2.00. The first-order valence-corrected chi connectivity index (χ1v) is 8.67.